The minimum absolute atomic E-state index is 0.116. The molecule has 3 aromatic rings. The Morgan fingerprint density at radius 1 is 1.22 bits per heavy atom. The molecule has 0 saturated carbocycles. The third-order valence-corrected chi connectivity index (χ3v) is 4.51. The first-order valence-electron chi connectivity index (χ1n) is 8.04. The van der Waals surface area contributed by atoms with Crippen LogP contribution in [0.25, 0.3) is 0 Å². The van der Waals surface area contributed by atoms with Gasteiger partial charge in [-0.2, -0.15) is 10.2 Å². The average Bonchev–Trinajstić information content (AvgIpc) is 2.91. The lowest BCUT2D eigenvalue weighted by atomic mass is 10.2. The van der Waals surface area contributed by atoms with Crippen molar-refractivity contribution in [3.8, 4) is 5.75 Å². The Morgan fingerprint density at radius 2 is 1.93 bits per heavy atom. The highest BCUT2D eigenvalue weighted by atomic mass is 35.5. The number of aromatic nitrogens is 2. The lowest BCUT2D eigenvalue weighted by Gasteiger charge is -2.04. The molecule has 0 fully saturated rings. The van der Waals surface area contributed by atoms with Gasteiger partial charge in [-0.1, -0.05) is 47.5 Å². The topological polar surface area (TPSA) is 79.5 Å². The van der Waals surface area contributed by atoms with E-state index >= 15 is 0 Å². The second-order valence-electron chi connectivity index (χ2n) is 5.79. The van der Waals surface area contributed by atoms with Gasteiger partial charge in [-0.3, -0.25) is 4.79 Å². The number of benzene rings is 2. The fourth-order valence-electron chi connectivity index (χ4n) is 2.46. The molecule has 2 aromatic carbocycles. The normalized spacial score (nSPS) is 11.1. The molecule has 1 amide bonds. The van der Waals surface area contributed by atoms with Crippen molar-refractivity contribution < 1.29 is 9.90 Å². The lowest BCUT2D eigenvalue weighted by molar-refractivity contribution is 0.0952. The quantitative estimate of drug-likeness (QED) is 0.499. The Labute approximate surface area is 166 Å². The van der Waals surface area contributed by atoms with Crippen LogP contribution in [-0.4, -0.2) is 27.0 Å². The number of carbonyl (C=O) groups is 1. The van der Waals surface area contributed by atoms with E-state index < -0.39 is 5.91 Å². The van der Waals surface area contributed by atoms with Crippen molar-refractivity contribution >= 4 is 35.3 Å². The molecule has 1 aromatic heterocycles. The zero-order valence-electron chi connectivity index (χ0n) is 14.4. The molecule has 0 aliphatic heterocycles. The number of hydrazone groups is 1. The Hall–Kier alpha value is -2.83. The maximum Gasteiger partial charge on any atom is 0.275 e. The highest BCUT2D eigenvalue weighted by molar-refractivity contribution is 6.32. The number of halogens is 2. The number of para-hydroxylation sites is 1. The highest BCUT2D eigenvalue weighted by Gasteiger charge is 2.13. The summed E-state index contributed by atoms with van der Waals surface area (Å²) in [5.74, 6) is -0.637. The highest BCUT2D eigenvalue weighted by Crippen LogP contribution is 2.20. The smallest absolute Gasteiger partial charge is 0.275 e. The summed E-state index contributed by atoms with van der Waals surface area (Å²) in [7, 11) is 0. The summed E-state index contributed by atoms with van der Waals surface area (Å²) in [5.41, 5.74) is 4.78. The number of amides is 1. The number of carbonyl (C=O) groups excluding carboxylic acids is 1. The summed E-state index contributed by atoms with van der Waals surface area (Å²) in [5, 5.41) is 19.1. The Kier molecular flexibility index (Phi) is 5.78. The number of aromatic hydroxyl groups is 1. The van der Waals surface area contributed by atoms with Gasteiger partial charge >= 0.3 is 0 Å². The number of phenolic OH excluding ortho intramolecular Hbond substituents is 1. The van der Waals surface area contributed by atoms with Crippen molar-refractivity contribution in [2.45, 2.75) is 13.5 Å². The lowest BCUT2D eigenvalue weighted by Crippen LogP contribution is -2.17. The van der Waals surface area contributed by atoms with Crippen LogP contribution < -0.4 is 5.43 Å². The fourth-order valence-corrected chi connectivity index (χ4v) is 2.87. The van der Waals surface area contributed by atoms with Crippen molar-refractivity contribution in [1.29, 1.82) is 0 Å². The average molecular weight is 403 g/mol. The van der Waals surface area contributed by atoms with Crippen LogP contribution in [0.5, 0.6) is 5.75 Å². The van der Waals surface area contributed by atoms with Crippen LogP contribution in [0, 0.1) is 6.92 Å². The van der Waals surface area contributed by atoms with Gasteiger partial charge in [0.1, 0.15) is 10.9 Å². The molecular weight excluding hydrogens is 387 g/mol. The van der Waals surface area contributed by atoms with Crippen LogP contribution in [0.4, 0.5) is 0 Å². The number of hydrogen-bond acceptors (Lipinski definition) is 4. The first kappa shape index (κ1) is 18.9. The summed E-state index contributed by atoms with van der Waals surface area (Å²) in [6.45, 7) is 2.28. The summed E-state index contributed by atoms with van der Waals surface area (Å²) in [6, 6.07) is 13.6. The molecule has 1 heterocycles. The molecule has 0 saturated heterocycles. The zero-order valence-corrected chi connectivity index (χ0v) is 15.9. The summed E-state index contributed by atoms with van der Waals surface area (Å²) >= 11 is 12.3. The van der Waals surface area contributed by atoms with E-state index in [1.807, 2.05) is 12.1 Å². The van der Waals surface area contributed by atoms with Crippen molar-refractivity contribution in [3.05, 3.63) is 81.1 Å². The Morgan fingerprint density at radius 3 is 2.63 bits per heavy atom. The minimum Gasteiger partial charge on any atom is -0.507 e. The number of rotatable bonds is 5. The molecule has 6 nitrogen and oxygen atoms in total. The minimum atomic E-state index is -0.522. The van der Waals surface area contributed by atoms with E-state index in [0.29, 0.717) is 28.0 Å². The molecule has 0 spiro atoms. The van der Waals surface area contributed by atoms with Crippen LogP contribution in [0.15, 0.2) is 53.6 Å². The molecule has 8 heteroatoms. The zero-order chi connectivity index (χ0) is 19.4. The van der Waals surface area contributed by atoms with Crippen molar-refractivity contribution in [2.24, 2.45) is 5.10 Å². The molecule has 2 N–H and O–H groups in total. The van der Waals surface area contributed by atoms with E-state index in [9.17, 15) is 9.90 Å². The molecule has 138 valence electrons. The van der Waals surface area contributed by atoms with Crippen molar-refractivity contribution in [2.75, 3.05) is 0 Å². The Bertz CT molecular complexity index is 997. The number of nitrogens with one attached hydrogen (secondary N) is 1. The van der Waals surface area contributed by atoms with Crippen molar-refractivity contribution in [3.63, 3.8) is 0 Å². The molecule has 0 aliphatic carbocycles. The maximum absolute atomic E-state index is 12.0. The van der Waals surface area contributed by atoms with E-state index in [0.717, 1.165) is 5.56 Å². The standard InChI is InChI=1S/C19H16Cl2N4O2/c1-12-16(10-22-23-19(27)15-4-2-3-5-17(15)26)18(21)25(24-12)11-13-6-8-14(20)9-7-13/h2-10,26H,11H2,1H3,(H,23,27)/b22-10+. The SMILES string of the molecule is Cc1nn(Cc2ccc(Cl)cc2)c(Cl)c1/C=N/NC(=O)c1ccccc1O. The number of hydrogen-bond donors (Lipinski definition) is 2. The van der Waals surface area contributed by atoms with Crippen LogP contribution in [0.1, 0.15) is 27.2 Å². The summed E-state index contributed by atoms with van der Waals surface area (Å²) in [6.07, 6.45) is 1.43. The number of nitrogens with zero attached hydrogens (tertiary/aromatic N) is 3. The molecular formula is C19H16Cl2N4O2. The van der Waals surface area contributed by atoms with Gasteiger partial charge in [0, 0.05) is 5.02 Å². The fraction of sp³-hybridized carbons (Fsp3) is 0.105. The van der Waals surface area contributed by atoms with E-state index in [1.54, 1.807) is 35.9 Å². The molecule has 0 aliphatic rings. The van der Waals surface area contributed by atoms with Gasteiger partial charge in [0.25, 0.3) is 5.91 Å². The van der Waals surface area contributed by atoms with Crippen LogP contribution in [-0.2, 0) is 6.54 Å². The van der Waals surface area contributed by atoms with Crippen LogP contribution in [0.3, 0.4) is 0 Å². The van der Waals surface area contributed by atoms with E-state index in [2.05, 4.69) is 15.6 Å². The Balaban J connectivity index is 1.72. The summed E-state index contributed by atoms with van der Waals surface area (Å²) < 4.78 is 1.65. The molecule has 27 heavy (non-hydrogen) atoms. The predicted molar refractivity (Wildman–Crippen MR) is 106 cm³/mol. The maximum atomic E-state index is 12.0. The first-order chi connectivity index (χ1) is 13.0. The van der Waals surface area contributed by atoms with E-state index in [1.165, 1.54) is 18.3 Å². The van der Waals surface area contributed by atoms with Crippen LogP contribution in [0.2, 0.25) is 10.2 Å². The van der Waals surface area contributed by atoms with Crippen molar-refractivity contribution in [1.82, 2.24) is 15.2 Å². The van der Waals surface area contributed by atoms with Gasteiger partial charge in [0.05, 0.1) is 29.6 Å². The van der Waals surface area contributed by atoms with E-state index in [-0.39, 0.29) is 11.3 Å². The molecule has 0 bridgehead atoms. The van der Waals surface area contributed by atoms with Gasteiger partial charge < -0.3 is 5.11 Å². The first-order valence-corrected chi connectivity index (χ1v) is 8.80. The summed E-state index contributed by atoms with van der Waals surface area (Å²) in [4.78, 5) is 12.0. The predicted octanol–water partition coefficient (Wildman–Crippen LogP) is 4.02. The van der Waals surface area contributed by atoms with Gasteiger partial charge in [-0.15, -0.1) is 0 Å². The second kappa shape index (κ2) is 8.24. The van der Waals surface area contributed by atoms with Gasteiger partial charge in [0.2, 0.25) is 0 Å². The third-order valence-electron chi connectivity index (χ3n) is 3.86. The molecule has 0 unspecified atom stereocenters. The molecule has 0 radical (unpaired) electrons. The van der Waals surface area contributed by atoms with Gasteiger partial charge in [-0.25, -0.2) is 10.1 Å². The largest absolute Gasteiger partial charge is 0.507 e. The third kappa shape index (κ3) is 4.48. The number of phenols is 1. The molecule has 0 atom stereocenters. The number of aryl methyl sites for hydroxylation is 1. The van der Waals surface area contributed by atoms with Crippen LogP contribution >= 0.6 is 23.2 Å². The molecule has 3 rings (SSSR count). The van der Waals surface area contributed by atoms with Gasteiger partial charge in [0.15, 0.2) is 0 Å². The van der Waals surface area contributed by atoms with Gasteiger partial charge in [-0.05, 0) is 36.8 Å². The second-order valence-corrected chi connectivity index (χ2v) is 6.58. The van der Waals surface area contributed by atoms with E-state index in [4.69, 9.17) is 23.2 Å². The monoisotopic (exact) mass is 402 g/mol.